The predicted molar refractivity (Wildman–Crippen MR) is 95.5 cm³/mol. The third kappa shape index (κ3) is 5.89. The maximum Gasteiger partial charge on any atom is 0.343 e. The number of carbonyl (C=O) groups excluding carboxylic acids is 2. The lowest BCUT2D eigenvalue weighted by Gasteiger charge is -2.09. The molecule has 0 spiro atoms. The lowest BCUT2D eigenvalue weighted by molar-refractivity contribution is 0.0433. The molecule has 2 aromatic rings. The number of hydrogen-bond acceptors (Lipinski definition) is 6. The number of aliphatic hydroxyl groups excluding tert-OH is 1. The maximum absolute atomic E-state index is 12.2. The molecule has 0 bridgehead atoms. The normalized spacial score (nSPS) is 10.5. The molecule has 2 aromatic carbocycles. The molecular weight excluding hydrogens is 336 g/mol. The van der Waals surface area contributed by atoms with E-state index in [1.807, 2.05) is 0 Å². The Morgan fingerprint density at radius 2 is 1.42 bits per heavy atom. The molecule has 0 aliphatic heterocycles. The number of carbonyl (C=O) groups is 2. The number of esters is 2. The molecule has 26 heavy (non-hydrogen) atoms. The third-order valence-corrected chi connectivity index (χ3v) is 3.30. The van der Waals surface area contributed by atoms with Crippen molar-refractivity contribution < 1.29 is 28.9 Å². The van der Waals surface area contributed by atoms with Gasteiger partial charge in [0.15, 0.2) is 0 Å². The van der Waals surface area contributed by atoms with Crippen LogP contribution in [0.15, 0.2) is 48.5 Å². The SMILES string of the molecule is CC(C)COc1ccc(C(=O)Oc2ccc(C(=O)OCCO)cc2)cc1. The van der Waals surface area contributed by atoms with Crippen LogP contribution in [-0.4, -0.2) is 36.9 Å². The number of ether oxygens (including phenoxy) is 3. The van der Waals surface area contributed by atoms with E-state index in [0.717, 1.165) is 0 Å². The van der Waals surface area contributed by atoms with Gasteiger partial charge in [0, 0.05) is 0 Å². The highest BCUT2D eigenvalue weighted by atomic mass is 16.5. The minimum Gasteiger partial charge on any atom is -0.493 e. The standard InChI is InChI=1S/C20H22O6/c1-14(2)13-25-17-7-3-16(4-8-17)20(23)26-18-9-5-15(6-10-18)19(22)24-12-11-21/h3-10,14,21H,11-13H2,1-2H3. The average Bonchev–Trinajstić information content (AvgIpc) is 2.65. The molecule has 0 amide bonds. The van der Waals surface area contributed by atoms with E-state index >= 15 is 0 Å². The fourth-order valence-electron chi connectivity index (χ4n) is 2.00. The first-order chi connectivity index (χ1) is 12.5. The van der Waals surface area contributed by atoms with E-state index in [1.165, 1.54) is 24.3 Å². The van der Waals surface area contributed by atoms with Gasteiger partial charge < -0.3 is 19.3 Å². The monoisotopic (exact) mass is 358 g/mol. The summed E-state index contributed by atoms with van der Waals surface area (Å²) in [6.07, 6.45) is 0. The van der Waals surface area contributed by atoms with E-state index in [2.05, 4.69) is 13.8 Å². The molecule has 0 aliphatic carbocycles. The van der Waals surface area contributed by atoms with Crippen molar-refractivity contribution in [2.75, 3.05) is 19.8 Å². The summed E-state index contributed by atoms with van der Waals surface area (Å²) >= 11 is 0. The van der Waals surface area contributed by atoms with E-state index in [0.29, 0.717) is 35.2 Å². The van der Waals surface area contributed by atoms with Crippen molar-refractivity contribution in [1.29, 1.82) is 0 Å². The Morgan fingerprint density at radius 3 is 1.96 bits per heavy atom. The van der Waals surface area contributed by atoms with Crippen molar-refractivity contribution in [3.63, 3.8) is 0 Å². The average molecular weight is 358 g/mol. The molecule has 0 saturated heterocycles. The topological polar surface area (TPSA) is 82.1 Å². The summed E-state index contributed by atoms with van der Waals surface area (Å²) in [6.45, 7) is 4.43. The van der Waals surface area contributed by atoms with Crippen LogP contribution in [0.1, 0.15) is 34.6 Å². The van der Waals surface area contributed by atoms with E-state index in [1.54, 1.807) is 24.3 Å². The van der Waals surface area contributed by atoms with Gasteiger partial charge in [-0.05, 0) is 54.4 Å². The van der Waals surface area contributed by atoms with Crippen molar-refractivity contribution in [1.82, 2.24) is 0 Å². The van der Waals surface area contributed by atoms with E-state index in [-0.39, 0.29) is 13.2 Å². The van der Waals surface area contributed by atoms with Gasteiger partial charge in [-0.1, -0.05) is 13.8 Å². The van der Waals surface area contributed by atoms with Crippen LogP contribution >= 0.6 is 0 Å². The Balaban J connectivity index is 1.93. The van der Waals surface area contributed by atoms with Crippen molar-refractivity contribution in [3.8, 4) is 11.5 Å². The van der Waals surface area contributed by atoms with Crippen LogP contribution in [0.25, 0.3) is 0 Å². The first-order valence-corrected chi connectivity index (χ1v) is 8.32. The summed E-state index contributed by atoms with van der Waals surface area (Å²) < 4.78 is 15.7. The van der Waals surface area contributed by atoms with Crippen LogP contribution < -0.4 is 9.47 Å². The van der Waals surface area contributed by atoms with Gasteiger partial charge >= 0.3 is 11.9 Å². The van der Waals surface area contributed by atoms with E-state index in [4.69, 9.17) is 19.3 Å². The van der Waals surface area contributed by atoms with Crippen LogP contribution in [0.5, 0.6) is 11.5 Å². The van der Waals surface area contributed by atoms with E-state index < -0.39 is 11.9 Å². The molecule has 138 valence electrons. The van der Waals surface area contributed by atoms with Crippen LogP contribution in [-0.2, 0) is 4.74 Å². The minimum absolute atomic E-state index is 0.0630. The lowest BCUT2D eigenvalue weighted by Crippen LogP contribution is -2.10. The number of aliphatic hydroxyl groups is 1. The molecule has 0 fully saturated rings. The van der Waals surface area contributed by atoms with E-state index in [9.17, 15) is 9.59 Å². The van der Waals surface area contributed by atoms with Gasteiger partial charge in [0.1, 0.15) is 18.1 Å². The maximum atomic E-state index is 12.2. The summed E-state index contributed by atoms with van der Waals surface area (Å²) in [5.41, 5.74) is 0.707. The fourth-order valence-corrected chi connectivity index (χ4v) is 2.00. The first kappa shape index (κ1) is 19.5. The Bertz CT molecular complexity index is 719. The van der Waals surface area contributed by atoms with Crippen molar-refractivity contribution in [2.24, 2.45) is 5.92 Å². The van der Waals surface area contributed by atoms with Gasteiger partial charge in [-0.2, -0.15) is 0 Å². The predicted octanol–water partition coefficient (Wildman–Crippen LogP) is 3.09. The minimum atomic E-state index is -0.547. The number of rotatable bonds is 8. The van der Waals surface area contributed by atoms with Gasteiger partial charge in [-0.15, -0.1) is 0 Å². The summed E-state index contributed by atoms with van der Waals surface area (Å²) in [5.74, 6) is 0.378. The summed E-state index contributed by atoms with van der Waals surface area (Å²) in [7, 11) is 0. The number of hydrogen-bond donors (Lipinski definition) is 1. The Morgan fingerprint density at radius 1 is 0.885 bits per heavy atom. The van der Waals surface area contributed by atoms with Crippen molar-refractivity contribution >= 4 is 11.9 Å². The Kier molecular flexibility index (Phi) is 7.17. The Hall–Kier alpha value is -2.86. The zero-order chi connectivity index (χ0) is 18.9. The molecule has 0 radical (unpaired) electrons. The molecule has 0 aromatic heterocycles. The third-order valence-electron chi connectivity index (χ3n) is 3.30. The van der Waals surface area contributed by atoms with Gasteiger partial charge in [0.05, 0.1) is 24.3 Å². The van der Waals surface area contributed by atoms with Crippen LogP contribution in [0, 0.1) is 5.92 Å². The summed E-state index contributed by atoms with van der Waals surface area (Å²) in [6, 6.07) is 12.7. The Labute approximate surface area is 152 Å². The van der Waals surface area contributed by atoms with Gasteiger partial charge in [0.2, 0.25) is 0 Å². The molecule has 6 heteroatoms. The molecule has 0 saturated carbocycles. The highest BCUT2D eigenvalue weighted by Gasteiger charge is 2.11. The molecule has 0 aliphatic rings. The lowest BCUT2D eigenvalue weighted by atomic mass is 10.2. The fraction of sp³-hybridized carbons (Fsp3) is 0.300. The smallest absolute Gasteiger partial charge is 0.343 e. The zero-order valence-corrected chi connectivity index (χ0v) is 14.8. The highest BCUT2D eigenvalue weighted by molar-refractivity contribution is 5.92. The molecule has 0 atom stereocenters. The highest BCUT2D eigenvalue weighted by Crippen LogP contribution is 2.17. The quantitative estimate of drug-likeness (QED) is 0.577. The molecule has 0 unspecified atom stereocenters. The van der Waals surface area contributed by atoms with Crippen LogP contribution in [0.3, 0.4) is 0 Å². The van der Waals surface area contributed by atoms with Crippen molar-refractivity contribution in [3.05, 3.63) is 59.7 Å². The first-order valence-electron chi connectivity index (χ1n) is 8.32. The summed E-state index contributed by atoms with van der Waals surface area (Å²) in [5, 5.41) is 8.64. The largest absolute Gasteiger partial charge is 0.493 e. The number of benzene rings is 2. The van der Waals surface area contributed by atoms with Gasteiger partial charge in [0.25, 0.3) is 0 Å². The molecule has 6 nitrogen and oxygen atoms in total. The second-order valence-electron chi connectivity index (χ2n) is 6.00. The summed E-state index contributed by atoms with van der Waals surface area (Å²) in [4.78, 5) is 23.8. The van der Waals surface area contributed by atoms with Gasteiger partial charge in [-0.25, -0.2) is 9.59 Å². The van der Waals surface area contributed by atoms with Gasteiger partial charge in [-0.3, -0.25) is 0 Å². The van der Waals surface area contributed by atoms with Crippen LogP contribution in [0.2, 0.25) is 0 Å². The second kappa shape index (κ2) is 9.58. The second-order valence-corrected chi connectivity index (χ2v) is 6.00. The molecular formula is C20H22O6. The zero-order valence-electron chi connectivity index (χ0n) is 14.8. The molecule has 0 heterocycles. The molecule has 1 N–H and O–H groups in total. The van der Waals surface area contributed by atoms with Crippen LogP contribution in [0.4, 0.5) is 0 Å². The molecule has 2 rings (SSSR count). The van der Waals surface area contributed by atoms with Crippen molar-refractivity contribution in [2.45, 2.75) is 13.8 Å².